The first-order valence-corrected chi connectivity index (χ1v) is 10.00. The van der Waals surface area contributed by atoms with Crippen LogP contribution < -0.4 is 20.7 Å². The summed E-state index contributed by atoms with van der Waals surface area (Å²) in [4.78, 5) is 36.0. The summed E-state index contributed by atoms with van der Waals surface area (Å²) in [6.45, 7) is 1.99. The molecular formula is C23H24N4O5. The van der Waals surface area contributed by atoms with Crippen molar-refractivity contribution in [2.24, 2.45) is 0 Å². The standard InChI is InChI=1S/C23H24N4O5/c1-15(16-6-4-3-5-7-16)26-19(29)12-13-24-22(30)20-21(27-32-23(20)25-14-28)17-8-10-18(31-2)11-9-17/h3-11,14-15H,12-13H2,1-2H3,(H,24,30)(H,25,28)(H,26,29)/t15-/m1/s1. The van der Waals surface area contributed by atoms with Crippen LogP contribution in [0.15, 0.2) is 59.1 Å². The molecular weight excluding hydrogens is 412 g/mol. The van der Waals surface area contributed by atoms with E-state index in [4.69, 9.17) is 9.26 Å². The fourth-order valence-corrected chi connectivity index (χ4v) is 3.12. The number of methoxy groups -OCH3 is 1. The maximum atomic E-state index is 12.8. The van der Waals surface area contributed by atoms with Crippen LogP contribution >= 0.6 is 0 Å². The summed E-state index contributed by atoms with van der Waals surface area (Å²) in [6, 6.07) is 16.3. The van der Waals surface area contributed by atoms with Gasteiger partial charge in [-0.15, -0.1) is 0 Å². The van der Waals surface area contributed by atoms with Gasteiger partial charge in [0.15, 0.2) is 0 Å². The molecule has 1 heterocycles. The Bertz CT molecular complexity index is 1060. The number of carbonyl (C=O) groups is 3. The Labute approximate surface area is 185 Å². The van der Waals surface area contributed by atoms with Crippen LogP contribution in [0.25, 0.3) is 11.3 Å². The Morgan fingerprint density at radius 3 is 2.50 bits per heavy atom. The monoisotopic (exact) mass is 436 g/mol. The van der Waals surface area contributed by atoms with Crippen molar-refractivity contribution >= 4 is 24.1 Å². The number of aromatic nitrogens is 1. The molecule has 9 nitrogen and oxygen atoms in total. The maximum Gasteiger partial charge on any atom is 0.259 e. The van der Waals surface area contributed by atoms with Crippen molar-refractivity contribution in [2.75, 3.05) is 19.0 Å². The SMILES string of the molecule is COc1ccc(-c2noc(NC=O)c2C(=O)NCCC(=O)N[C@H](C)c2ccccc2)cc1. The zero-order chi connectivity index (χ0) is 22.9. The minimum absolute atomic E-state index is 0.0697. The molecule has 1 aromatic heterocycles. The summed E-state index contributed by atoms with van der Waals surface area (Å²) in [6.07, 6.45) is 0.482. The minimum atomic E-state index is -0.523. The molecule has 3 rings (SSSR count). The van der Waals surface area contributed by atoms with Gasteiger partial charge in [-0.25, -0.2) is 0 Å². The average Bonchev–Trinajstić information content (AvgIpc) is 3.23. The molecule has 0 aliphatic rings. The third kappa shape index (κ3) is 5.51. The molecule has 0 unspecified atom stereocenters. The van der Waals surface area contributed by atoms with Crippen LogP contribution in [0.5, 0.6) is 5.75 Å². The summed E-state index contributed by atoms with van der Waals surface area (Å²) in [5.41, 5.74) is 1.92. The van der Waals surface area contributed by atoms with Crippen LogP contribution in [0.4, 0.5) is 5.88 Å². The van der Waals surface area contributed by atoms with Crippen molar-refractivity contribution < 1.29 is 23.6 Å². The summed E-state index contributed by atoms with van der Waals surface area (Å²) in [5.74, 6) is -0.158. The molecule has 0 spiro atoms. The van der Waals surface area contributed by atoms with E-state index in [0.717, 1.165) is 5.56 Å². The Balaban J connectivity index is 1.64. The van der Waals surface area contributed by atoms with E-state index in [-0.39, 0.29) is 42.1 Å². The van der Waals surface area contributed by atoms with Gasteiger partial charge in [0.1, 0.15) is 17.0 Å². The highest BCUT2D eigenvalue weighted by Crippen LogP contribution is 2.29. The largest absolute Gasteiger partial charge is 0.497 e. The second kappa shape index (κ2) is 10.8. The molecule has 9 heteroatoms. The van der Waals surface area contributed by atoms with Crippen molar-refractivity contribution in [3.63, 3.8) is 0 Å². The first kappa shape index (κ1) is 22.5. The third-order valence-electron chi connectivity index (χ3n) is 4.79. The maximum absolute atomic E-state index is 12.8. The number of nitrogens with one attached hydrogen (secondary N) is 3. The molecule has 0 radical (unpaired) electrons. The lowest BCUT2D eigenvalue weighted by Gasteiger charge is -2.14. The van der Waals surface area contributed by atoms with E-state index in [1.807, 2.05) is 37.3 Å². The molecule has 0 aliphatic carbocycles. The van der Waals surface area contributed by atoms with Gasteiger partial charge in [-0.05, 0) is 36.8 Å². The molecule has 0 fully saturated rings. The van der Waals surface area contributed by atoms with E-state index >= 15 is 0 Å². The first-order valence-electron chi connectivity index (χ1n) is 10.00. The molecule has 0 bridgehead atoms. The lowest BCUT2D eigenvalue weighted by molar-refractivity contribution is -0.121. The molecule has 1 atom stereocenters. The Morgan fingerprint density at radius 1 is 1.12 bits per heavy atom. The number of ether oxygens (including phenoxy) is 1. The zero-order valence-electron chi connectivity index (χ0n) is 17.8. The second-order valence-corrected chi connectivity index (χ2v) is 6.93. The number of hydrogen-bond acceptors (Lipinski definition) is 6. The van der Waals surface area contributed by atoms with E-state index in [2.05, 4.69) is 21.1 Å². The topological polar surface area (TPSA) is 123 Å². The van der Waals surface area contributed by atoms with Crippen molar-refractivity contribution in [1.29, 1.82) is 0 Å². The van der Waals surface area contributed by atoms with Crippen LogP contribution in [0.3, 0.4) is 0 Å². The molecule has 32 heavy (non-hydrogen) atoms. The predicted molar refractivity (Wildman–Crippen MR) is 118 cm³/mol. The van der Waals surface area contributed by atoms with E-state index in [1.54, 1.807) is 31.4 Å². The third-order valence-corrected chi connectivity index (χ3v) is 4.79. The van der Waals surface area contributed by atoms with Crippen LogP contribution in [0.1, 0.15) is 35.3 Å². The Kier molecular flexibility index (Phi) is 7.58. The fraction of sp³-hybridized carbons (Fsp3) is 0.217. The molecule has 3 aromatic rings. The molecule has 0 saturated carbocycles. The van der Waals surface area contributed by atoms with Gasteiger partial charge in [0.2, 0.25) is 18.2 Å². The van der Waals surface area contributed by atoms with Gasteiger partial charge in [0.05, 0.1) is 13.2 Å². The smallest absolute Gasteiger partial charge is 0.259 e. The van der Waals surface area contributed by atoms with Crippen LogP contribution in [0, 0.1) is 0 Å². The summed E-state index contributed by atoms with van der Waals surface area (Å²) in [7, 11) is 1.55. The molecule has 2 aromatic carbocycles. The average molecular weight is 436 g/mol. The molecule has 3 amide bonds. The van der Waals surface area contributed by atoms with Crippen LogP contribution in [-0.2, 0) is 9.59 Å². The number of hydrogen-bond donors (Lipinski definition) is 3. The molecule has 0 saturated heterocycles. The van der Waals surface area contributed by atoms with Gasteiger partial charge in [-0.1, -0.05) is 35.5 Å². The van der Waals surface area contributed by atoms with Crippen molar-refractivity contribution in [3.05, 3.63) is 65.7 Å². The van der Waals surface area contributed by atoms with E-state index in [9.17, 15) is 14.4 Å². The Morgan fingerprint density at radius 2 is 1.84 bits per heavy atom. The zero-order valence-corrected chi connectivity index (χ0v) is 17.8. The highest BCUT2D eigenvalue weighted by atomic mass is 16.5. The van der Waals surface area contributed by atoms with E-state index < -0.39 is 5.91 Å². The number of benzene rings is 2. The van der Waals surface area contributed by atoms with Gasteiger partial charge >= 0.3 is 0 Å². The molecule has 0 aliphatic heterocycles. The second-order valence-electron chi connectivity index (χ2n) is 6.93. The Hall–Kier alpha value is -4.14. The normalized spacial score (nSPS) is 11.3. The van der Waals surface area contributed by atoms with Gasteiger partial charge in [0, 0.05) is 18.5 Å². The lowest BCUT2D eigenvalue weighted by atomic mass is 10.1. The van der Waals surface area contributed by atoms with Crippen molar-refractivity contribution in [3.8, 4) is 17.0 Å². The molecule has 3 N–H and O–H groups in total. The minimum Gasteiger partial charge on any atom is -0.497 e. The van der Waals surface area contributed by atoms with Gasteiger partial charge in [-0.2, -0.15) is 0 Å². The van der Waals surface area contributed by atoms with E-state index in [1.165, 1.54) is 0 Å². The highest BCUT2D eigenvalue weighted by Gasteiger charge is 2.24. The first-order chi connectivity index (χ1) is 15.5. The quantitative estimate of drug-likeness (QED) is 0.420. The van der Waals surface area contributed by atoms with Crippen molar-refractivity contribution in [2.45, 2.75) is 19.4 Å². The van der Waals surface area contributed by atoms with Gasteiger partial charge < -0.3 is 19.9 Å². The van der Waals surface area contributed by atoms with Gasteiger partial charge in [0.25, 0.3) is 5.91 Å². The fourth-order valence-electron chi connectivity index (χ4n) is 3.12. The van der Waals surface area contributed by atoms with Crippen LogP contribution in [0.2, 0.25) is 0 Å². The van der Waals surface area contributed by atoms with Gasteiger partial charge in [-0.3, -0.25) is 19.7 Å². The van der Waals surface area contributed by atoms with Crippen LogP contribution in [-0.4, -0.2) is 37.0 Å². The predicted octanol–water partition coefficient (Wildman–Crippen LogP) is 2.92. The number of rotatable bonds is 10. The van der Waals surface area contributed by atoms with E-state index in [0.29, 0.717) is 17.7 Å². The number of nitrogens with zero attached hydrogens (tertiary/aromatic N) is 1. The summed E-state index contributed by atoms with van der Waals surface area (Å²) >= 11 is 0. The number of anilines is 1. The highest BCUT2D eigenvalue weighted by molar-refractivity contribution is 6.05. The number of amides is 3. The lowest BCUT2D eigenvalue weighted by Crippen LogP contribution is -2.32. The van der Waals surface area contributed by atoms with Crippen molar-refractivity contribution in [1.82, 2.24) is 15.8 Å². The molecule has 166 valence electrons. The number of carbonyl (C=O) groups excluding carboxylic acids is 3. The summed E-state index contributed by atoms with van der Waals surface area (Å²) < 4.78 is 10.3. The summed E-state index contributed by atoms with van der Waals surface area (Å²) in [5, 5.41) is 11.8.